The highest BCUT2D eigenvalue weighted by Crippen LogP contribution is 2.33. The highest BCUT2D eigenvalue weighted by atomic mass is 35.5. The van der Waals surface area contributed by atoms with E-state index >= 15 is 0 Å². The molecule has 0 aromatic heterocycles. The molecule has 0 spiro atoms. The molecule has 0 saturated carbocycles. The fraction of sp³-hybridized carbons (Fsp3) is 0.952. The maximum atomic E-state index is 12.7. The molecule has 4 atom stereocenters. The number of rotatable bonds is 5. The third-order valence-electron chi connectivity index (χ3n) is 7.57. The number of nitrogens with zero attached hydrogens (tertiary/aromatic N) is 3. The van der Waals surface area contributed by atoms with Crippen LogP contribution in [0, 0.1) is 5.92 Å². The van der Waals surface area contributed by atoms with Crippen LogP contribution in [0.2, 0.25) is 0 Å². The van der Waals surface area contributed by atoms with E-state index in [0.717, 1.165) is 51.2 Å². The Labute approximate surface area is 183 Å². The zero-order valence-electron chi connectivity index (χ0n) is 17.6. The minimum Gasteiger partial charge on any atom is -0.340 e. The number of amides is 1. The number of nitrogens with one attached hydrogen (secondary N) is 1. The first kappa shape index (κ1) is 24.2. The van der Waals surface area contributed by atoms with Crippen molar-refractivity contribution in [3.8, 4) is 0 Å². The summed E-state index contributed by atoms with van der Waals surface area (Å²) in [6, 6.07) is 2.87. The van der Waals surface area contributed by atoms with Crippen LogP contribution >= 0.6 is 24.8 Å². The van der Waals surface area contributed by atoms with Gasteiger partial charge in [0.05, 0.1) is 0 Å². The summed E-state index contributed by atoms with van der Waals surface area (Å²) in [5.74, 6) is 1.04. The van der Waals surface area contributed by atoms with Gasteiger partial charge in [0.25, 0.3) is 0 Å². The maximum Gasteiger partial charge on any atom is 0.222 e. The highest BCUT2D eigenvalue weighted by Gasteiger charge is 2.35. The van der Waals surface area contributed by atoms with Crippen molar-refractivity contribution >= 4 is 30.7 Å². The molecule has 4 saturated heterocycles. The van der Waals surface area contributed by atoms with E-state index in [9.17, 15) is 4.79 Å². The summed E-state index contributed by atoms with van der Waals surface area (Å²) < 4.78 is 0. The summed E-state index contributed by atoms with van der Waals surface area (Å²) in [6.45, 7) is 11.1. The van der Waals surface area contributed by atoms with Gasteiger partial charge in [0.1, 0.15) is 0 Å². The van der Waals surface area contributed by atoms with Crippen LogP contribution < -0.4 is 5.32 Å². The molecule has 1 N–H and O–H groups in total. The second-order valence-corrected chi connectivity index (χ2v) is 9.42. The van der Waals surface area contributed by atoms with Gasteiger partial charge in [-0.1, -0.05) is 0 Å². The van der Waals surface area contributed by atoms with E-state index in [2.05, 4.69) is 33.9 Å². The van der Waals surface area contributed by atoms with Crippen molar-refractivity contribution in [2.45, 2.75) is 83.0 Å². The van der Waals surface area contributed by atoms with Crippen LogP contribution in [0.15, 0.2) is 0 Å². The first-order valence-corrected chi connectivity index (χ1v) is 11.1. The first-order chi connectivity index (χ1) is 12.6. The van der Waals surface area contributed by atoms with Gasteiger partial charge < -0.3 is 10.2 Å². The molecule has 4 rings (SSSR count). The third kappa shape index (κ3) is 5.75. The zero-order chi connectivity index (χ0) is 18.1. The van der Waals surface area contributed by atoms with Gasteiger partial charge in [0, 0.05) is 69.9 Å². The van der Waals surface area contributed by atoms with Gasteiger partial charge in [-0.05, 0) is 58.3 Å². The minimum absolute atomic E-state index is 0. The predicted octanol–water partition coefficient (Wildman–Crippen LogP) is 2.77. The van der Waals surface area contributed by atoms with Gasteiger partial charge >= 0.3 is 0 Å². The Balaban J connectivity index is 0.00000140. The lowest BCUT2D eigenvalue weighted by atomic mass is 9.89. The second-order valence-electron chi connectivity index (χ2n) is 9.42. The van der Waals surface area contributed by atoms with Gasteiger partial charge in [-0.25, -0.2) is 0 Å². The molecule has 1 amide bonds. The molecule has 7 heteroatoms. The molecular formula is C21H40Cl2N4O. The van der Waals surface area contributed by atoms with Gasteiger partial charge in [-0.2, -0.15) is 0 Å². The fourth-order valence-corrected chi connectivity index (χ4v) is 5.88. The van der Waals surface area contributed by atoms with Gasteiger partial charge in [0.15, 0.2) is 0 Å². The van der Waals surface area contributed by atoms with E-state index in [-0.39, 0.29) is 24.8 Å². The second kappa shape index (κ2) is 10.8. The quantitative estimate of drug-likeness (QED) is 0.721. The summed E-state index contributed by atoms with van der Waals surface area (Å²) in [5.41, 5.74) is 0. The summed E-state index contributed by atoms with van der Waals surface area (Å²) >= 11 is 0. The molecule has 4 heterocycles. The summed E-state index contributed by atoms with van der Waals surface area (Å²) in [4.78, 5) is 20.1. The van der Waals surface area contributed by atoms with Crippen molar-refractivity contribution in [3.63, 3.8) is 0 Å². The normalized spacial score (nSPS) is 36.1. The predicted molar refractivity (Wildman–Crippen MR) is 120 cm³/mol. The summed E-state index contributed by atoms with van der Waals surface area (Å²) in [5, 5.41) is 3.69. The van der Waals surface area contributed by atoms with Crippen molar-refractivity contribution in [3.05, 3.63) is 0 Å². The lowest BCUT2D eigenvalue weighted by Gasteiger charge is -2.37. The van der Waals surface area contributed by atoms with Crippen molar-refractivity contribution in [1.82, 2.24) is 20.0 Å². The van der Waals surface area contributed by atoms with E-state index in [0.29, 0.717) is 23.9 Å². The lowest BCUT2D eigenvalue weighted by molar-refractivity contribution is -0.134. The summed E-state index contributed by atoms with van der Waals surface area (Å²) in [6.07, 6.45) is 8.56. The highest BCUT2D eigenvalue weighted by molar-refractivity contribution is 5.85. The number of fused-ring (bicyclic) bond motifs is 2. The Bertz CT molecular complexity index is 479. The molecule has 4 fully saturated rings. The topological polar surface area (TPSA) is 38.8 Å². The van der Waals surface area contributed by atoms with E-state index < -0.39 is 0 Å². The van der Waals surface area contributed by atoms with Gasteiger partial charge in [0.2, 0.25) is 5.91 Å². The number of piperidine rings is 1. The molecule has 0 aliphatic carbocycles. The number of piperazine rings is 1. The Hall–Kier alpha value is -0.0700. The van der Waals surface area contributed by atoms with Gasteiger partial charge in [-0.15, -0.1) is 24.8 Å². The molecule has 28 heavy (non-hydrogen) atoms. The molecule has 2 bridgehead atoms. The van der Waals surface area contributed by atoms with Crippen LogP contribution in [0.1, 0.15) is 58.8 Å². The van der Waals surface area contributed by atoms with Crippen molar-refractivity contribution in [1.29, 1.82) is 0 Å². The monoisotopic (exact) mass is 434 g/mol. The van der Waals surface area contributed by atoms with Crippen molar-refractivity contribution in [2.75, 3.05) is 39.3 Å². The Morgan fingerprint density at radius 2 is 1.43 bits per heavy atom. The molecule has 164 valence electrons. The SMILES string of the molecule is CC1CCC(C)N1CCN1CCN(C(=O)CC2CC3CCC(C2)N3)CC1.Cl.Cl. The number of hydrogen-bond acceptors (Lipinski definition) is 4. The molecule has 0 aromatic rings. The van der Waals surface area contributed by atoms with E-state index in [1.807, 2.05) is 0 Å². The number of hydrogen-bond donors (Lipinski definition) is 1. The molecule has 4 aliphatic heterocycles. The Kier molecular flexibility index (Phi) is 9.34. The smallest absolute Gasteiger partial charge is 0.222 e. The van der Waals surface area contributed by atoms with Crippen molar-refractivity contribution < 1.29 is 4.79 Å². The van der Waals surface area contributed by atoms with Crippen LogP contribution in [0.4, 0.5) is 0 Å². The lowest BCUT2D eigenvalue weighted by Crippen LogP contribution is -2.51. The standard InChI is InChI=1S/C21H38N4O.2ClH/c1-16-3-4-17(2)25(16)12-9-23-7-10-24(11-8-23)21(26)15-18-13-19-5-6-20(14-18)22-19;;/h16-20,22H,3-15H2,1-2H3;2*1H. The van der Waals surface area contributed by atoms with E-state index in [4.69, 9.17) is 0 Å². The van der Waals surface area contributed by atoms with Crippen LogP contribution in [0.5, 0.6) is 0 Å². The van der Waals surface area contributed by atoms with Crippen LogP contribution in [-0.4, -0.2) is 84.0 Å². The van der Waals surface area contributed by atoms with E-state index in [1.165, 1.54) is 45.1 Å². The van der Waals surface area contributed by atoms with E-state index in [1.54, 1.807) is 0 Å². The zero-order valence-corrected chi connectivity index (χ0v) is 19.3. The number of halogens is 2. The Morgan fingerprint density at radius 3 is 2.00 bits per heavy atom. The van der Waals surface area contributed by atoms with Crippen LogP contribution in [-0.2, 0) is 4.79 Å². The van der Waals surface area contributed by atoms with Gasteiger partial charge in [-0.3, -0.25) is 14.6 Å². The average molecular weight is 435 g/mol. The average Bonchev–Trinajstić information content (AvgIpc) is 3.14. The molecular weight excluding hydrogens is 395 g/mol. The van der Waals surface area contributed by atoms with Crippen molar-refractivity contribution in [2.24, 2.45) is 5.92 Å². The molecule has 4 unspecified atom stereocenters. The molecule has 0 aromatic carbocycles. The largest absolute Gasteiger partial charge is 0.340 e. The Morgan fingerprint density at radius 1 is 0.857 bits per heavy atom. The fourth-order valence-electron chi connectivity index (χ4n) is 5.88. The minimum atomic E-state index is 0. The van der Waals surface area contributed by atoms with Crippen LogP contribution in [0.3, 0.4) is 0 Å². The molecule has 4 aliphatic rings. The molecule has 5 nitrogen and oxygen atoms in total. The summed E-state index contributed by atoms with van der Waals surface area (Å²) in [7, 11) is 0. The first-order valence-electron chi connectivity index (χ1n) is 11.1. The maximum absolute atomic E-state index is 12.7. The molecule has 0 radical (unpaired) electrons. The number of likely N-dealkylation sites (tertiary alicyclic amines) is 1. The number of carbonyl (C=O) groups is 1. The van der Waals surface area contributed by atoms with Crippen LogP contribution in [0.25, 0.3) is 0 Å². The number of carbonyl (C=O) groups excluding carboxylic acids is 1. The third-order valence-corrected chi connectivity index (χ3v) is 7.57.